The van der Waals surface area contributed by atoms with Crippen molar-refractivity contribution >= 4 is 5.78 Å². The minimum absolute atomic E-state index is 0.171. The van der Waals surface area contributed by atoms with Crippen LogP contribution < -0.4 is 0 Å². The maximum Gasteiger partial charge on any atom is 0.184 e. The molecule has 0 radical (unpaired) electrons. The summed E-state index contributed by atoms with van der Waals surface area (Å²) < 4.78 is 0. The van der Waals surface area contributed by atoms with Gasteiger partial charge < -0.3 is 0 Å². The minimum Gasteiger partial charge on any atom is -0.292 e. The van der Waals surface area contributed by atoms with Gasteiger partial charge in [-0.2, -0.15) is 0 Å². The predicted octanol–water partition coefficient (Wildman–Crippen LogP) is 3.08. The Morgan fingerprint density at radius 1 is 1.28 bits per heavy atom. The Bertz CT molecular complexity index is 413. The summed E-state index contributed by atoms with van der Waals surface area (Å²) in [5.41, 5.74) is 1.31. The zero-order valence-corrected chi connectivity index (χ0v) is 12.2. The van der Waals surface area contributed by atoms with Crippen molar-refractivity contribution in [3.05, 3.63) is 29.6 Å². The van der Waals surface area contributed by atoms with E-state index in [9.17, 15) is 4.79 Å². The highest BCUT2D eigenvalue weighted by molar-refractivity contribution is 6.02. The number of nitrogens with zero attached hydrogens (tertiary/aromatic N) is 2. The maximum atomic E-state index is 12.7. The van der Waals surface area contributed by atoms with E-state index in [1.54, 1.807) is 12.4 Å². The van der Waals surface area contributed by atoms with Crippen molar-refractivity contribution in [2.75, 3.05) is 13.1 Å². The van der Waals surface area contributed by atoms with Crippen LogP contribution in [-0.4, -0.2) is 34.3 Å². The number of pyridine rings is 1. The lowest BCUT2D eigenvalue weighted by Gasteiger charge is -2.38. The highest BCUT2D eigenvalue weighted by atomic mass is 16.1. The summed E-state index contributed by atoms with van der Waals surface area (Å²) in [6, 6.07) is 1.92. The van der Waals surface area contributed by atoms with Crippen LogP contribution in [0.2, 0.25) is 0 Å². The van der Waals surface area contributed by atoms with Gasteiger partial charge in [0.05, 0.1) is 5.54 Å². The van der Waals surface area contributed by atoms with Crippen LogP contribution in [-0.2, 0) is 0 Å². The predicted molar refractivity (Wildman–Crippen MR) is 74.9 cm³/mol. The number of Topliss-reactive ketones (excluding diaryl/α,β-unsaturated/α-hetero) is 1. The maximum absolute atomic E-state index is 12.7. The lowest BCUT2D eigenvalue weighted by atomic mass is 9.87. The van der Waals surface area contributed by atoms with Crippen molar-refractivity contribution in [3.8, 4) is 0 Å². The molecule has 0 saturated heterocycles. The molecule has 1 heterocycles. The Labute approximate surface area is 110 Å². The van der Waals surface area contributed by atoms with Gasteiger partial charge in [-0.3, -0.25) is 14.7 Å². The first kappa shape index (κ1) is 14.8. The molecule has 18 heavy (non-hydrogen) atoms. The molecule has 1 rings (SSSR count). The molecule has 3 nitrogen and oxygen atoms in total. The average Bonchev–Trinajstić information content (AvgIpc) is 2.38. The Balaban J connectivity index is 3.12. The van der Waals surface area contributed by atoms with Gasteiger partial charge in [0.25, 0.3) is 0 Å². The lowest BCUT2D eigenvalue weighted by Crippen LogP contribution is -2.51. The van der Waals surface area contributed by atoms with Crippen LogP contribution in [0.25, 0.3) is 0 Å². The number of carbonyl (C=O) groups excluding carboxylic acids is 1. The van der Waals surface area contributed by atoms with Crippen LogP contribution in [0.3, 0.4) is 0 Å². The summed E-state index contributed by atoms with van der Waals surface area (Å²) in [6.07, 6.45) is 4.26. The first-order chi connectivity index (χ1) is 8.49. The van der Waals surface area contributed by atoms with E-state index >= 15 is 0 Å². The van der Waals surface area contributed by atoms with Crippen LogP contribution in [0.5, 0.6) is 0 Å². The number of hydrogen-bond acceptors (Lipinski definition) is 3. The van der Waals surface area contributed by atoms with E-state index in [2.05, 4.69) is 30.7 Å². The second-order valence-corrected chi connectivity index (χ2v) is 4.88. The second kappa shape index (κ2) is 6.10. The summed E-state index contributed by atoms with van der Waals surface area (Å²) in [5.74, 6) is 0.171. The third-order valence-corrected chi connectivity index (χ3v) is 3.78. The Morgan fingerprint density at radius 3 is 2.33 bits per heavy atom. The highest BCUT2D eigenvalue weighted by Crippen LogP contribution is 2.24. The molecule has 0 aliphatic carbocycles. The molecule has 0 aliphatic rings. The number of aryl methyl sites for hydroxylation is 1. The van der Waals surface area contributed by atoms with Gasteiger partial charge in [-0.15, -0.1) is 0 Å². The number of carbonyl (C=O) groups is 1. The summed E-state index contributed by atoms with van der Waals surface area (Å²) >= 11 is 0. The molecule has 3 heteroatoms. The van der Waals surface area contributed by atoms with Crippen LogP contribution in [0.1, 0.15) is 50.0 Å². The molecule has 0 aromatic carbocycles. The number of ketones is 1. The monoisotopic (exact) mass is 248 g/mol. The van der Waals surface area contributed by atoms with E-state index in [1.165, 1.54) is 0 Å². The molecule has 0 amide bonds. The molecular weight excluding hydrogens is 224 g/mol. The van der Waals surface area contributed by atoms with Gasteiger partial charge in [0.1, 0.15) is 0 Å². The Morgan fingerprint density at radius 2 is 1.89 bits per heavy atom. The van der Waals surface area contributed by atoms with E-state index in [-0.39, 0.29) is 5.78 Å². The van der Waals surface area contributed by atoms with Gasteiger partial charge in [0.15, 0.2) is 5.78 Å². The zero-order chi connectivity index (χ0) is 13.8. The summed E-state index contributed by atoms with van der Waals surface area (Å²) in [5, 5.41) is 0. The lowest BCUT2D eigenvalue weighted by molar-refractivity contribution is 0.0607. The molecule has 1 unspecified atom stereocenters. The molecule has 0 saturated carbocycles. The number of likely N-dealkylation sites (N-methyl/N-ethyl adjacent to an activating group) is 1. The van der Waals surface area contributed by atoms with E-state index < -0.39 is 5.54 Å². The molecule has 0 N–H and O–H groups in total. The summed E-state index contributed by atoms with van der Waals surface area (Å²) in [4.78, 5) is 19.1. The molecule has 0 bridgehead atoms. The van der Waals surface area contributed by atoms with Crippen molar-refractivity contribution in [2.24, 2.45) is 0 Å². The smallest absolute Gasteiger partial charge is 0.184 e. The van der Waals surface area contributed by atoms with Gasteiger partial charge in [0.2, 0.25) is 0 Å². The zero-order valence-electron chi connectivity index (χ0n) is 12.2. The van der Waals surface area contributed by atoms with Crippen LogP contribution in [0.4, 0.5) is 0 Å². The number of rotatable bonds is 6. The van der Waals surface area contributed by atoms with Crippen molar-refractivity contribution in [2.45, 2.75) is 46.6 Å². The minimum atomic E-state index is -0.432. The van der Waals surface area contributed by atoms with Crippen molar-refractivity contribution in [1.29, 1.82) is 0 Å². The van der Waals surface area contributed by atoms with Crippen molar-refractivity contribution in [1.82, 2.24) is 9.88 Å². The topological polar surface area (TPSA) is 33.2 Å². The largest absolute Gasteiger partial charge is 0.292 e. The van der Waals surface area contributed by atoms with Gasteiger partial charge in [-0.25, -0.2) is 0 Å². The first-order valence-corrected chi connectivity index (χ1v) is 6.71. The molecule has 100 valence electrons. The second-order valence-electron chi connectivity index (χ2n) is 4.88. The highest BCUT2D eigenvalue weighted by Gasteiger charge is 2.36. The Hall–Kier alpha value is -1.22. The van der Waals surface area contributed by atoms with Crippen molar-refractivity contribution in [3.63, 3.8) is 0 Å². The third kappa shape index (κ3) is 2.78. The van der Waals surface area contributed by atoms with E-state index in [1.807, 2.05) is 19.9 Å². The van der Waals surface area contributed by atoms with Gasteiger partial charge in [-0.1, -0.05) is 20.8 Å². The van der Waals surface area contributed by atoms with E-state index in [4.69, 9.17) is 0 Å². The van der Waals surface area contributed by atoms with Crippen LogP contribution >= 0.6 is 0 Å². The number of aromatic nitrogens is 1. The average molecular weight is 248 g/mol. The van der Waals surface area contributed by atoms with Gasteiger partial charge in [-0.05, 0) is 45.0 Å². The molecule has 1 aromatic heterocycles. The van der Waals surface area contributed by atoms with E-state index in [0.717, 1.165) is 25.1 Å². The molecule has 0 fully saturated rings. The summed E-state index contributed by atoms with van der Waals surface area (Å²) in [6.45, 7) is 12.0. The SMILES string of the molecule is CCN(CC)C(C)(CC)C(=O)c1cncc(C)c1. The normalized spacial score (nSPS) is 14.6. The fraction of sp³-hybridized carbons (Fsp3) is 0.600. The standard InChI is InChI=1S/C15H24N2O/c1-6-15(5,17(7-2)8-3)14(18)13-9-12(4)10-16-11-13/h9-11H,6-8H2,1-5H3. The van der Waals surface area contributed by atoms with E-state index in [0.29, 0.717) is 5.56 Å². The fourth-order valence-corrected chi connectivity index (χ4v) is 2.44. The quantitative estimate of drug-likeness (QED) is 0.725. The third-order valence-electron chi connectivity index (χ3n) is 3.78. The molecular formula is C15H24N2O. The molecule has 1 atom stereocenters. The number of hydrogen-bond donors (Lipinski definition) is 0. The van der Waals surface area contributed by atoms with Crippen molar-refractivity contribution < 1.29 is 4.79 Å². The van der Waals surface area contributed by atoms with Crippen LogP contribution in [0.15, 0.2) is 18.5 Å². The first-order valence-electron chi connectivity index (χ1n) is 6.71. The molecule has 1 aromatic rings. The molecule has 0 spiro atoms. The van der Waals surface area contributed by atoms with Gasteiger partial charge in [0, 0.05) is 18.0 Å². The fourth-order valence-electron chi connectivity index (χ4n) is 2.44. The van der Waals surface area contributed by atoms with Crippen LogP contribution in [0, 0.1) is 6.92 Å². The van der Waals surface area contributed by atoms with Gasteiger partial charge >= 0.3 is 0 Å². The molecule has 0 aliphatic heterocycles. The summed E-state index contributed by atoms with van der Waals surface area (Å²) in [7, 11) is 0. The Kier molecular flexibility index (Phi) is 5.03.